The molecule has 3 aliphatic rings. The summed E-state index contributed by atoms with van der Waals surface area (Å²) in [4.78, 5) is 14.7. The summed E-state index contributed by atoms with van der Waals surface area (Å²) >= 11 is 0. The van der Waals surface area contributed by atoms with Gasteiger partial charge in [0, 0.05) is 19.1 Å². The summed E-state index contributed by atoms with van der Waals surface area (Å²) in [6.45, 7) is 5.17. The molecule has 4 rings (SSSR count). The Kier molecular flexibility index (Phi) is 4.12. The van der Waals surface area contributed by atoms with Gasteiger partial charge >= 0.3 is 0 Å². The number of amides is 1. The highest BCUT2D eigenvalue weighted by atomic mass is 16.5. The first kappa shape index (κ1) is 15.2. The van der Waals surface area contributed by atoms with Crippen molar-refractivity contribution in [3.63, 3.8) is 0 Å². The van der Waals surface area contributed by atoms with Crippen LogP contribution in [0.4, 0.5) is 0 Å². The number of hydrogen-bond acceptors (Lipinski definition) is 3. The third-order valence-corrected chi connectivity index (χ3v) is 5.34. The molecule has 0 radical (unpaired) electrons. The lowest BCUT2D eigenvalue weighted by Gasteiger charge is -2.34. The maximum Gasteiger partial charge on any atom is 0.249 e. The summed E-state index contributed by atoms with van der Waals surface area (Å²) in [7, 11) is 0. The minimum absolute atomic E-state index is 0.118. The van der Waals surface area contributed by atoms with Crippen LogP contribution >= 0.6 is 0 Å². The van der Waals surface area contributed by atoms with Crippen molar-refractivity contribution in [2.75, 3.05) is 13.1 Å². The Morgan fingerprint density at radius 1 is 1.35 bits per heavy atom. The molecule has 124 valence electrons. The molecule has 1 aromatic rings. The van der Waals surface area contributed by atoms with E-state index in [1.54, 1.807) is 0 Å². The Bertz CT molecular complexity index is 584. The third-order valence-electron chi connectivity index (χ3n) is 5.34. The lowest BCUT2D eigenvalue weighted by Crippen LogP contribution is -2.42. The Hall–Kier alpha value is -1.39. The second-order valence-corrected chi connectivity index (χ2v) is 7.45. The maximum atomic E-state index is 12.2. The van der Waals surface area contributed by atoms with E-state index in [1.807, 2.05) is 0 Å². The number of nitrogens with one attached hydrogen (secondary N) is 1. The van der Waals surface area contributed by atoms with Crippen molar-refractivity contribution in [3.05, 3.63) is 35.4 Å². The first-order valence-corrected chi connectivity index (χ1v) is 8.91. The molecular weight excluding hydrogens is 288 g/mol. The number of likely N-dealkylation sites (tertiary alicyclic amines) is 1. The molecule has 23 heavy (non-hydrogen) atoms. The van der Waals surface area contributed by atoms with Gasteiger partial charge in [0.05, 0.1) is 6.10 Å². The topological polar surface area (TPSA) is 41.6 Å². The Morgan fingerprint density at radius 2 is 2.22 bits per heavy atom. The van der Waals surface area contributed by atoms with Crippen molar-refractivity contribution in [2.45, 2.75) is 57.4 Å². The summed E-state index contributed by atoms with van der Waals surface area (Å²) in [5, 5.41) is 3.09. The molecule has 1 N–H and O–H groups in total. The van der Waals surface area contributed by atoms with Crippen molar-refractivity contribution in [3.8, 4) is 0 Å². The van der Waals surface area contributed by atoms with Crippen LogP contribution in [0, 0.1) is 12.8 Å². The highest BCUT2D eigenvalue weighted by Gasteiger charge is 2.42. The second kappa shape index (κ2) is 6.25. The number of hydrogen-bond donors (Lipinski definition) is 1. The van der Waals surface area contributed by atoms with Crippen LogP contribution in [0.1, 0.15) is 36.8 Å². The first-order valence-electron chi connectivity index (χ1n) is 8.91. The smallest absolute Gasteiger partial charge is 0.249 e. The molecule has 0 bridgehead atoms. The Balaban J connectivity index is 1.33. The zero-order valence-corrected chi connectivity index (χ0v) is 13.8. The lowest BCUT2D eigenvalue weighted by molar-refractivity contribution is -0.133. The molecule has 1 aromatic carbocycles. The number of benzene rings is 1. The molecule has 4 heteroatoms. The van der Waals surface area contributed by atoms with Crippen molar-refractivity contribution in [2.24, 2.45) is 5.92 Å². The van der Waals surface area contributed by atoms with E-state index in [0.29, 0.717) is 12.0 Å². The molecule has 1 saturated carbocycles. The van der Waals surface area contributed by atoms with Crippen molar-refractivity contribution in [1.29, 1.82) is 0 Å². The second-order valence-electron chi connectivity index (χ2n) is 7.45. The summed E-state index contributed by atoms with van der Waals surface area (Å²) in [5.74, 6) is 0.672. The Morgan fingerprint density at radius 3 is 3.00 bits per heavy atom. The number of piperidine rings is 1. The predicted molar refractivity (Wildman–Crippen MR) is 89.0 cm³/mol. The molecule has 1 aliphatic carbocycles. The summed E-state index contributed by atoms with van der Waals surface area (Å²) in [6, 6.07) is 9.14. The number of ether oxygens (including phenoxy) is 1. The number of nitrogens with zero attached hydrogens (tertiary/aromatic N) is 1. The quantitative estimate of drug-likeness (QED) is 0.927. The number of carbonyl (C=O) groups is 1. The van der Waals surface area contributed by atoms with Gasteiger partial charge in [-0.05, 0) is 50.6 Å². The van der Waals surface area contributed by atoms with Crippen molar-refractivity contribution >= 4 is 5.91 Å². The van der Waals surface area contributed by atoms with Crippen LogP contribution in [0.2, 0.25) is 0 Å². The van der Waals surface area contributed by atoms with E-state index in [1.165, 1.54) is 11.1 Å². The summed E-state index contributed by atoms with van der Waals surface area (Å²) in [6.07, 6.45) is 4.32. The third kappa shape index (κ3) is 3.59. The van der Waals surface area contributed by atoms with Crippen molar-refractivity contribution < 1.29 is 9.53 Å². The SMILES string of the molecule is Cc1cccc(CN2CC[C@@H]3C[C@@H](C(=O)NC4CC4)O[C@H]3C2)c1. The van der Waals surface area contributed by atoms with E-state index in [2.05, 4.69) is 41.4 Å². The van der Waals surface area contributed by atoms with E-state index in [4.69, 9.17) is 4.74 Å². The predicted octanol–water partition coefficient (Wildman–Crippen LogP) is 2.25. The fourth-order valence-corrected chi connectivity index (χ4v) is 3.90. The van der Waals surface area contributed by atoms with E-state index in [-0.39, 0.29) is 18.1 Å². The molecule has 3 fully saturated rings. The minimum atomic E-state index is -0.218. The van der Waals surface area contributed by atoms with Gasteiger partial charge in [0.2, 0.25) is 5.91 Å². The number of carbonyl (C=O) groups excluding carboxylic acids is 1. The van der Waals surface area contributed by atoms with E-state index < -0.39 is 0 Å². The van der Waals surface area contributed by atoms with Gasteiger partial charge in [-0.3, -0.25) is 9.69 Å². The average Bonchev–Trinajstić information content (AvgIpc) is 3.23. The molecule has 3 atom stereocenters. The van der Waals surface area contributed by atoms with Crippen LogP contribution in [0.25, 0.3) is 0 Å². The van der Waals surface area contributed by atoms with Gasteiger partial charge in [0.25, 0.3) is 0 Å². The maximum absolute atomic E-state index is 12.2. The normalized spacial score (nSPS) is 30.9. The average molecular weight is 314 g/mol. The van der Waals surface area contributed by atoms with E-state index in [9.17, 15) is 4.79 Å². The van der Waals surface area contributed by atoms with Crippen LogP contribution in [-0.2, 0) is 16.1 Å². The molecule has 2 saturated heterocycles. The lowest BCUT2D eigenvalue weighted by atomic mass is 9.91. The largest absolute Gasteiger partial charge is 0.364 e. The fourth-order valence-electron chi connectivity index (χ4n) is 3.90. The number of aryl methyl sites for hydroxylation is 1. The number of rotatable bonds is 4. The molecule has 0 spiro atoms. The number of fused-ring (bicyclic) bond motifs is 1. The van der Waals surface area contributed by atoms with Gasteiger partial charge in [-0.15, -0.1) is 0 Å². The molecule has 0 aromatic heterocycles. The van der Waals surface area contributed by atoms with Crippen LogP contribution in [0.3, 0.4) is 0 Å². The highest BCUT2D eigenvalue weighted by molar-refractivity contribution is 5.81. The molecule has 2 aliphatic heterocycles. The molecule has 4 nitrogen and oxygen atoms in total. The van der Waals surface area contributed by atoms with Crippen LogP contribution in [0.5, 0.6) is 0 Å². The molecule has 2 heterocycles. The van der Waals surface area contributed by atoms with Crippen molar-refractivity contribution in [1.82, 2.24) is 10.2 Å². The molecule has 1 amide bonds. The minimum Gasteiger partial charge on any atom is -0.364 e. The zero-order chi connectivity index (χ0) is 15.8. The highest BCUT2D eigenvalue weighted by Crippen LogP contribution is 2.34. The van der Waals surface area contributed by atoms with Gasteiger partial charge in [-0.1, -0.05) is 29.8 Å². The standard InChI is InChI=1S/C19H26N2O2/c1-13-3-2-4-14(9-13)11-21-8-7-15-10-17(23-18(15)12-21)19(22)20-16-5-6-16/h2-4,9,15-18H,5-8,10-12H2,1H3,(H,20,22)/t15-,17+,18+/m1/s1. The fraction of sp³-hybridized carbons (Fsp3) is 0.632. The van der Waals surface area contributed by atoms with E-state index in [0.717, 1.165) is 45.3 Å². The van der Waals surface area contributed by atoms with E-state index >= 15 is 0 Å². The molecular formula is C19H26N2O2. The van der Waals surface area contributed by atoms with Gasteiger partial charge in [-0.2, -0.15) is 0 Å². The Labute approximate surface area is 138 Å². The summed E-state index contributed by atoms with van der Waals surface area (Å²) < 4.78 is 6.09. The monoisotopic (exact) mass is 314 g/mol. The zero-order valence-electron chi connectivity index (χ0n) is 13.8. The van der Waals surface area contributed by atoms with Gasteiger partial charge in [0.15, 0.2) is 0 Å². The first-order chi connectivity index (χ1) is 11.2. The van der Waals surface area contributed by atoms with Gasteiger partial charge in [0.1, 0.15) is 6.10 Å². The van der Waals surface area contributed by atoms with Gasteiger partial charge < -0.3 is 10.1 Å². The molecule has 0 unspecified atom stereocenters. The van der Waals surface area contributed by atoms with Crippen LogP contribution in [0.15, 0.2) is 24.3 Å². The van der Waals surface area contributed by atoms with Crippen LogP contribution < -0.4 is 5.32 Å². The summed E-state index contributed by atoms with van der Waals surface area (Å²) in [5.41, 5.74) is 2.68. The van der Waals surface area contributed by atoms with Gasteiger partial charge in [-0.25, -0.2) is 0 Å². The van der Waals surface area contributed by atoms with Crippen LogP contribution in [-0.4, -0.2) is 42.1 Å².